The van der Waals surface area contributed by atoms with E-state index in [0.717, 1.165) is 44.7 Å². The lowest BCUT2D eigenvalue weighted by atomic mass is 9.92. The number of amides is 2. The highest BCUT2D eigenvalue weighted by atomic mass is 79.9. The Bertz CT molecular complexity index is 1180. The molecule has 0 bridgehead atoms. The Morgan fingerprint density at radius 3 is 2.69 bits per heavy atom. The van der Waals surface area contributed by atoms with Gasteiger partial charge < -0.3 is 19.5 Å². The second-order valence-corrected chi connectivity index (χ2v) is 11.3. The summed E-state index contributed by atoms with van der Waals surface area (Å²) in [5.41, 5.74) is 2.87. The minimum Gasteiger partial charge on any atom is -0.497 e. The number of nitrogens with zero attached hydrogens (tertiary/aromatic N) is 2. The van der Waals surface area contributed by atoms with Crippen molar-refractivity contribution in [3.8, 4) is 5.75 Å². The predicted molar refractivity (Wildman–Crippen MR) is 129 cm³/mol. The van der Waals surface area contributed by atoms with Gasteiger partial charge in [-0.1, -0.05) is 19.1 Å². The third-order valence-electron chi connectivity index (χ3n) is 6.63. The maximum absolute atomic E-state index is 13.4. The largest absolute Gasteiger partial charge is 0.497 e. The summed E-state index contributed by atoms with van der Waals surface area (Å²) < 4.78 is 9.50. The minimum absolute atomic E-state index is 0.00129. The van der Waals surface area contributed by atoms with Gasteiger partial charge in [0, 0.05) is 37.5 Å². The van der Waals surface area contributed by atoms with Gasteiger partial charge in [-0.05, 0) is 58.6 Å². The number of hydrogen-bond acceptors (Lipinski definition) is 4. The molecule has 1 aliphatic heterocycles. The van der Waals surface area contributed by atoms with Crippen LogP contribution in [0.2, 0.25) is 0 Å². The first-order chi connectivity index (χ1) is 15.4. The molecule has 3 aromatic rings. The highest BCUT2D eigenvalue weighted by Crippen LogP contribution is 2.59. The minimum atomic E-state index is 0.00129. The van der Waals surface area contributed by atoms with Gasteiger partial charge in [-0.2, -0.15) is 0 Å². The van der Waals surface area contributed by atoms with Crippen LogP contribution in [0.5, 0.6) is 5.75 Å². The standard InChI is InChI=1S/C24H26BrN3O3S/c1-3-8-26-22(29)17-11-24(17)13-27(14-24)23(30)19-9-20-18(10-21(25)32-20)28(19)12-15-4-6-16(31-2)7-5-15/h4-7,9-10,17H,3,8,11-14H2,1-2H3,(H,26,29). The van der Waals surface area contributed by atoms with E-state index >= 15 is 0 Å². The number of fused-ring (bicyclic) bond motifs is 1. The molecule has 1 saturated heterocycles. The summed E-state index contributed by atoms with van der Waals surface area (Å²) in [5, 5.41) is 3.00. The number of nitrogens with one attached hydrogen (secondary N) is 1. The van der Waals surface area contributed by atoms with E-state index in [4.69, 9.17) is 4.74 Å². The van der Waals surface area contributed by atoms with Crippen LogP contribution in [0.25, 0.3) is 10.2 Å². The molecule has 2 aromatic heterocycles. The monoisotopic (exact) mass is 515 g/mol. The number of carbonyl (C=O) groups excluding carboxylic acids is 2. The van der Waals surface area contributed by atoms with Crippen LogP contribution >= 0.6 is 27.3 Å². The molecular weight excluding hydrogens is 490 g/mol. The summed E-state index contributed by atoms with van der Waals surface area (Å²) in [6.07, 6.45) is 1.83. The molecule has 1 atom stereocenters. The first kappa shape index (κ1) is 21.5. The number of hydrogen-bond donors (Lipinski definition) is 1. The van der Waals surface area contributed by atoms with Crippen molar-refractivity contribution in [1.82, 2.24) is 14.8 Å². The van der Waals surface area contributed by atoms with Gasteiger partial charge in [0.25, 0.3) is 5.91 Å². The average Bonchev–Trinajstić information content (AvgIpc) is 3.31. The fourth-order valence-corrected chi connectivity index (χ4v) is 6.30. The Morgan fingerprint density at radius 1 is 1.25 bits per heavy atom. The van der Waals surface area contributed by atoms with Crippen LogP contribution < -0.4 is 10.1 Å². The van der Waals surface area contributed by atoms with E-state index in [1.165, 1.54) is 0 Å². The fourth-order valence-electron chi connectivity index (χ4n) is 4.73. The lowest BCUT2D eigenvalue weighted by molar-refractivity contribution is -0.124. The SMILES string of the molecule is CCCNC(=O)C1CC12CN(C(=O)c1cc3sc(Br)cc3n1Cc1ccc(OC)cc1)C2. The summed E-state index contributed by atoms with van der Waals surface area (Å²) in [4.78, 5) is 27.6. The molecule has 2 amide bonds. The lowest BCUT2D eigenvalue weighted by Gasteiger charge is -2.40. The fraction of sp³-hybridized carbons (Fsp3) is 0.417. The van der Waals surface area contributed by atoms with E-state index in [1.807, 2.05) is 35.2 Å². The zero-order valence-corrected chi connectivity index (χ0v) is 20.6. The molecule has 1 N–H and O–H groups in total. The highest BCUT2D eigenvalue weighted by Gasteiger charge is 2.65. The number of halogens is 1. The van der Waals surface area contributed by atoms with E-state index < -0.39 is 0 Å². The van der Waals surface area contributed by atoms with Crippen molar-refractivity contribution in [1.29, 1.82) is 0 Å². The summed E-state index contributed by atoms with van der Waals surface area (Å²) in [7, 11) is 1.65. The molecule has 32 heavy (non-hydrogen) atoms. The topological polar surface area (TPSA) is 63.6 Å². The molecule has 8 heteroatoms. The molecule has 1 saturated carbocycles. The van der Waals surface area contributed by atoms with Gasteiger partial charge in [0.05, 0.1) is 21.1 Å². The number of aromatic nitrogens is 1. The first-order valence-corrected chi connectivity index (χ1v) is 12.5. The Labute approximate surface area is 199 Å². The third-order valence-corrected chi connectivity index (χ3v) is 8.21. The molecule has 1 aromatic carbocycles. The van der Waals surface area contributed by atoms with Crippen LogP contribution in [-0.2, 0) is 11.3 Å². The Hall–Kier alpha value is -2.32. The molecule has 5 rings (SSSR count). The van der Waals surface area contributed by atoms with E-state index in [9.17, 15) is 9.59 Å². The van der Waals surface area contributed by atoms with E-state index in [-0.39, 0.29) is 23.1 Å². The van der Waals surface area contributed by atoms with Crippen LogP contribution in [0.4, 0.5) is 0 Å². The van der Waals surface area contributed by atoms with Crippen LogP contribution in [0.3, 0.4) is 0 Å². The maximum atomic E-state index is 13.4. The Morgan fingerprint density at radius 2 is 2.00 bits per heavy atom. The normalized spacial score (nSPS) is 18.6. The Kier molecular flexibility index (Phi) is 5.53. The summed E-state index contributed by atoms with van der Waals surface area (Å²) in [5.74, 6) is 1.06. The number of methoxy groups -OCH3 is 1. The van der Waals surface area contributed by atoms with Crippen LogP contribution in [0, 0.1) is 11.3 Å². The van der Waals surface area contributed by atoms with Crippen molar-refractivity contribution in [2.75, 3.05) is 26.7 Å². The summed E-state index contributed by atoms with van der Waals surface area (Å²) >= 11 is 5.21. The van der Waals surface area contributed by atoms with Crippen molar-refractivity contribution >= 4 is 49.3 Å². The van der Waals surface area contributed by atoms with Crippen LogP contribution in [-0.4, -0.2) is 48.0 Å². The highest BCUT2D eigenvalue weighted by molar-refractivity contribution is 9.11. The smallest absolute Gasteiger partial charge is 0.270 e. The number of thiophene rings is 1. The predicted octanol–water partition coefficient (Wildman–Crippen LogP) is 4.51. The van der Waals surface area contributed by atoms with Gasteiger partial charge in [-0.25, -0.2) is 0 Å². The lowest BCUT2D eigenvalue weighted by Crippen LogP contribution is -2.54. The summed E-state index contributed by atoms with van der Waals surface area (Å²) in [6, 6.07) is 12.0. The molecule has 1 unspecified atom stereocenters. The van der Waals surface area contributed by atoms with E-state index in [1.54, 1.807) is 18.4 Å². The molecule has 168 valence electrons. The zero-order valence-electron chi connectivity index (χ0n) is 18.2. The molecule has 3 heterocycles. The third kappa shape index (κ3) is 3.73. The second-order valence-electron chi connectivity index (χ2n) is 8.84. The molecule has 6 nitrogen and oxygen atoms in total. The second kappa shape index (κ2) is 8.23. The van der Waals surface area contributed by atoms with Crippen molar-refractivity contribution in [3.63, 3.8) is 0 Å². The molecule has 2 aliphatic rings. The van der Waals surface area contributed by atoms with Gasteiger partial charge in [0.2, 0.25) is 5.91 Å². The van der Waals surface area contributed by atoms with Gasteiger partial charge in [0.1, 0.15) is 11.4 Å². The quantitative estimate of drug-likeness (QED) is 0.503. The van der Waals surface area contributed by atoms with Crippen molar-refractivity contribution in [2.45, 2.75) is 26.3 Å². The molecule has 1 aliphatic carbocycles. The average molecular weight is 516 g/mol. The number of likely N-dealkylation sites (tertiary alicyclic amines) is 1. The first-order valence-electron chi connectivity index (χ1n) is 10.9. The Balaban J connectivity index is 1.34. The van der Waals surface area contributed by atoms with Crippen molar-refractivity contribution in [2.24, 2.45) is 11.3 Å². The number of rotatable bonds is 7. The number of ether oxygens (including phenoxy) is 1. The van der Waals surface area contributed by atoms with Gasteiger partial charge in [-0.3, -0.25) is 9.59 Å². The molecule has 2 fully saturated rings. The van der Waals surface area contributed by atoms with E-state index in [2.05, 4.69) is 38.8 Å². The van der Waals surface area contributed by atoms with Crippen LogP contribution in [0.15, 0.2) is 40.2 Å². The van der Waals surface area contributed by atoms with Crippen LogP contribution in [0.1, 0.15) is 35.8 Å². The van der Waals surface area contributed by atoms with E-state index in [0.29, 0.717) is 25.3 Å². The molecular formula is C24H26BrN3O3S. The van der Waals surface area contributed by atoms with Gasteiger partial charge >= 0.3 is 0 Å². The summed E-state index contributed by atoms with van der Waals surface area (Å²) in [6.45, 7) is 4.72. The number of benzene rings is 1. The number of carbonyl (C=O) groups is 2. The van der Waals surface area contributed by atoms with Gasteiger partial charge in [-0.15, -0.1) is 11.3 Å². The van der Waals surface area contributed by atoms with Gasteiger partial charge in [0.15, 0.2) is 0 Å². The molecule has 1 spiro atoms. The molecule has 0 radical (unpaired) electrons. The van der Waals surface area contributed by atoms with Crippen molar-refractivity contribution < 1.29 is 14.3 Å². The maximum Gasteiger partial charge on any atom is 0.270 e. The van der Waals surface area contributed by atoms with Crippen molar-refractivity contribution in [3.05, 3.63) is 51.4 Å². The zero-order chi connectivity index (χ0) is 22.5.